The molecule has 3 amide bonds. The van der Waals surface area contributed by atoms with Crippen molar-refractivity contribution in [2.24, 2.45) is 0 Å². The van der Waals surface area contributed by atoms with E-state index >= 15 is 0 Å². The Hall–Kier alpha value is -3.42. The van der Waals surface area contributed by atoms with Gasteiger partial charge in [-0.15, -0.1) is 0 Å². The van der Waals surface area contributed by atoms with Crippen LogP contribution < -0.4 is 5.32 Å². The Morgan fingerprint density at radius 1 is 1.15 bits per heavy atom. The average Bonchev–Trinajstić information content (AvgIpc) is 3.41. The van der Waals surface area contributed by atoms with Gasteiger partial charge in [-0.1, -0.05) is 48.8 Å². The summed E-state index contributed by atoms with van der Waals surface area (Å²) in [5.74, 6) is 0.556. The molecule has 0 bridgehead atoms. The van der Waals surface area contributed by atoms with Crippen molar-refractivity contribution in [1.82, 2.24) is 20.4 Å². The van der Waals surface area contributed by atoms with E-state index in [0.717, 1.165) is 16.9 Å². The topological polar surface area (TPSA) is 101 Å². The zero-order chi connectivity index (χ0) is 18.9. The quantitative estimate of drug-likeness (QED) is 0.673. The lowest BCUT2D eigenvalue weighted by Gasteiger charge is -2.26. The number of rotatable bonds is 6. The van der Waals surface area contributed by atoms with E-state index < -0.39 is 11.6 Å². The molecule has 1 aliphatic heterocycles. The summed E-state index contributed by atoms with van der Waals surface area (Å²) in [5, 5.41) is 6.70. The monoisotopic (exact) mass is 366 g/mol. The number of carbonyl (C=O) groups is 2. The van der Waals surface area contributed by atoms with Crippen LogP contribution in [0, 0.1) is 0 Å². The molecule has 8 heteroatoms. The van der Waals surface area contributed by atoms with E-state index in [1.54, 1.807) is 12.1 Å². The summed E-state index contributed by atoms with van der Waals surface area (Å²) in [4.78, 5) is 31.1. The van der Waals surface area contributed by atoms with E-state index in [2.05, 4.69) is 15.5 Å². The second-order valence-corrected chi connectivity index (χ2v) is 6.33. The normalized spacial score (nSPS) is 19.5. The highest BCUT2D eigenvalue weighted by atomic mass is 16.5. The van der Waals surface area contributed by atoms with Crippen LogP contribution in [-0.2, 0) is 16.9 Å². The number of imide groups is 1. The molecule has 4 rings (SSSR count). The van der Waals surface area contributed by atoms with E-state index in [1.807, 2.05) is 37.3 Å². The Balaban J connectivity index is 1.61. The minimum absolute atomic E-state index is 0.101. The minimum atomic E-state index is -1.07. The first-order valence-corrected chi connectivity index (χ1v) is 8.70. The zero-order valence-electron chi connectivity index (χ0n) is 14.7. The summed E-state index contributed by atoms with van der Waals surface area (Å²) >= 11 is 0. The van der Waals surface area contributed by atoms with Gasteiger partial charge in [0, 0.05) is 0 Å². The highest BCUT2D eigenvalue weighted by Gasteiger charge is 2.52. The summed E-state index contributed by atoms with van der Waals surface area (Å²) < 4.78 is 10.4. The Morgan fingerprint density at radius 3 is 2.67 bits per heavy atom. The number of nitrogens with zero attached hydrogens (tertiary/aromatic N) is 3. The largest absolute Gasteiger partial charge is 0.461 e. The van der Waals surface area contributed by atoms with Gasteiger partial charge in [0.2, 0.25) is 11.7 Å². The van der Waals surface area contributed by atoms with Crippen molar-refractivity contribution < 1.29 is 18.5 Å². The zero-order valence-corrected chi connectivity index (χ0v) is 14.7. The van der Waals surface area contributed by atoms with Crippen LogP contribution in [0.5, 0.6) is 0 Å². The van der Waals surface area contributed by atoms with Crippen LogP contribution in [0.25, 0.3) is 11.6 Å². The molecule has 1 N–H and O–H groups in total. The van der Waals surface area contributed by atoms with E-state index in [1.165, 1.54) is 6.26 Å². The molecule has 3 aromatic rings. The third-order valence-corrected chi connectivity index (χ3v) is 4.57. The SMILES string of the molecule is CCC[C@]1(c2ccccc2)NC(=O)N(Cc2nc(-c3ccco3)no2)C1=O. The second-order valence-electron chi connectivity index (χ2n) is 6.33. The smallest absolute Gasteiger partial charge is 0.325 e. The van der Waals surface area contributed by atoms with Gasteiger partial charge < -0.3 is 14.3 Å². The number of aromatic nitrogens is 2. The molecular weight excluding hydrogens is 348 g/mol. The molecule has 1 aliphatic rings. The van der Waals surface area contributed by atoms with Crippen LogP contribution in [0.4, 0.5) is 4.79 Å². The number of benzene rings is 1. The average molecular weight is 366 g/mol. The van der Waals surface area contributed by atoms with E-state index in [9.17, 15) is 9.59 Å². The first kappa shape index (κ1) is 17.0. The fourth-order valence-corrected chi connectivity index (χ4v) is 3.34. The molecule has 0 saturated carbocycles. The lowest BCUT2D eigenvalue weighted by Crippen LogP contribution is -2.43. The summed E-state index contributed by atoms with van der Waals surface area (Å²) in [7, 11) is 0. The molecule has 27 heavy (non-hydrogen) atoms. The Morgan fingerprint density at radius 2 is 1.96 bits per heavy atom. The summed E-state index contributed by atoms with van der Waals surface area (Å²) in [6.07, 6.45) is 2.74. The van der Waals surface area contributed by atoms with Crippen LogP contribution in [0.3, 0.4) is 0 Å². The molecule has 2 aromatic heterocycles. The molecule has 1 atom stereocenters. The number of carbonyl (C=O) groups excluding carboxylic acids is 2. The molecule has 138 valence electrons. The molecular formula is C19H18N4O4. The highest BCUT2D eigenvalue weighted by Crippen LogP contribution is 2.34. The molecule has 1 aromatic carbocycles. The lowest BCUT2D eigenvalue weighted by molar-refractivity contribution is -0.132. The number of urea groups is 1. The van der Waals surface area contributed by atoms with Crippen LogP contribution in [-0.4, -0.2) is 27.0 Å². The third kappa shape index (κ3) is 2.88. The predicted molar refractivity (Wildman–Crippen MR) is 94.1 cm³/mol. The van der Waals surface area contributed by atoms with Gasteiger partial charge in [-0.25, -0.2) is 4.79 Å². The van der Waals surface area contributed by atoms with Gasteiger partial charge in [-0.05, 0) is 24.1 Å². The fourth-order valence-electron chi connectivity index (χ4n) is 3.34. The Kier molecular flexibility index (Phi) is 4.23. The van der Waals surface area contributed by atoms with Gasteiger partial charge in [-0.2, -0.15) is 4.98 Å². The van der Waals surface area contributed by atoms with Crippen molar-refractivity contribution in [2.75, 3.05) is 0 Å². The molecule has 3 heterocycles. The predicted octanol–water partition coefficient (Wildman–Crippen LogP) is 3.08. The van der Waals surface area contributed by atoms with Crippen LogP contribution in [0.2, 0.25) is 0 Å². The standard InChI is InChI=1S/C19H18N4O4/c1-2-10-19(13-7-4-3-5-8-13)17(24)23(18(25)21-19)12-15-20-16(22-27-15)14-9-6-11-26-14/h3-9,11H,2,10,12H2,1H3,(H,21,25)/t19-/m1/s1. The van der Waals surface area contributed by atoms with Crippen LogP contribution in [0.15, 0.2) is 57.7 Å². The number of hydrogen-bond acceptors (Lipinski definition) is 6. The molecule has 0 radical (unpaired) electrons. The maximum absolute atomic E-state index is 13.2. The molecule has 1 saturated heterocycles. The first-order valence-electron chi connectivity index (χ1n) is 8.70. The number of furan rings is 1. The molecule has 0 spiro atoms. The van der Waals surface area contributed by atoms with Crippen molar-refractivity contribution in [1.29, 1.82) is 0 Å². The van der Waals surface area contributed by atoms with Crippen molar-refractivity contribution in [3.63, 3.8) is 0 Å². The van der Waals surface area contributed by atoms with Gasteiger partial charge in [0.25, 0.3) is 5.91 Å². The van der Waals surface area contributed by atoms with E-state index in [-0.39, 0.29) is 24.2 Å². The molecule has 1 fully saturated rings. The minimum Gasteiger partial charge on any atom is -0.461 e. The van der Waals surface area contributed by atoms with E-state index in [4.69, 9.17) is 8.94 Å². The maximum Gasteiger partial charge on any atom is 0.325 e. The van der Waals surface area contributed by atoms with Crippen molar-refractivity contribution >= 4 is 11.9 Å². The van der Waals surface area contributed by atoms with Crippen molar-refractivity contribution in [2.45, 2.75) is 31.8 Å². The maximum atomic E-state index is 13.2. The Labute approximate surface area is 155 Å². The number of hydrogen-bond donors (Lipinski definition) is 1. The van der Waals surface area contributed by atoms with Crippen LogP contribution >= 0.6 is 0 Å². The summed E-state index contributed by atoms with van der Waals surface area (Å²) in [6, 6.07) is 12.2. The highest BCUT2D eigenvalue weighted by molar-refractivity contribution is 6.07. The lowest BCUT2D eigenvalue weighted by atomic mass is 9.85. The van der Waals surface area contributed by atoms with Gasteiger partial charge in [0.05, 0.1) is 6.26 Å². The van der Waals surface area contributed by atoms with Crippen LogP contribution in [0.1, 0.15) is 31.2 Å². The molecule has 0 aliphatic carbocycles. The number of nitrogens with one attached hydrogen (secondary N) is 1. The van der Waals surface area contributed by atoms with Gasteiger partial charge in [0.1, 0.15) is 12.1 Å². The first-order chi connectivity index (χ1) is 13.1. The van der Waals surface area contributed by atoms with E-state index in [0.29, 0.717) is 12.2 Å². The molecule has 0 unspecified atom stereocenters. The van der Waals surface area contributed by atoms with Gasteiger partial charge in [0.15, 0.2) is 5.76 Å². The summed E-state index contributed by atoms with van der Waals surface area (Å²) in [5.41, 5.74) is -0.314. The third-order valence-electron chi connectivity index (χ3n) is 4.57. The van der Waals surface area contributed by atoms with Crippen molar-refractivity contribution in [3.05, 3.63) is 60.2 Å². The Bertz CT molecular complexity index is 951. The van der Waals surface area contributed by atoms with Gasteiger partial charge >= 0.3 is 6.03 Å². The van der Waals surface area contributed by atoms with Gasteiger partial charge in [-0.3, -0.25) is 9.69 Å². The van der Waals surface area contributed by atoms with Crippen molar-refractivity contribution in [3.8, 4) is 11.6 Å². The number of amides is 3. The second kappa shape index (κ2) is 6.71. The molecule has 8 nitrogen and oxygen atoms in total. The fraction of sp³-hybridized carbons (Fsp3) is 0.263. The summed E-state index contributed by atoms with van der Waals surface area (Å²) in [6.45, 7) is 1.87.